The summed E-state index contributed by atoms with van der Waals surface area (Å²) in [4.78, 5) is 4.20. The van der Waals surface area contributed by atoms with Crippen LogP contribution in [-0.4, -0.2) is 14.8 Å². The van der Waals surface area contributed by atoms with Gasteiger partial charge in [-0.3, -0.25) is 0 Å². The third-order valence-corrected chi connectivity index (χ3v) is 2.98. The number of hydrogen-bond donors (Lipinski definition) is 1. The molecule has 3 aromatic rings. The third kappa shape index (κ3) is 1.99. The van der Waals surface area contributed by atoms with Crippen LogP contribution in [0.15, 0.2) is 55.0 Å². The second-order valence-corrected chi connectivity index (χ2v) is 4.25. The van der Waals surface area contributed by atoms with Gasteiger partial charge in [0.15, 0.2) is 5.82 Å². The summed E-state index contributed by atoms with van der Waals surface area (Å²) in [5.74, 6) is 0.510. The van der Waals surface area contributed by atoms with Gasteiger partial charge < -0.3 is 5.73 Å². The minimum atomic E-state index is 0.475. The largest absolute Gasteiger partial charge is 0.398 e. The predicted molar refractivity (Wildman–Crippen MR) is 75.9 cm³/mol. The summed E-state index contributed by atoms with van der Waals surface area (Å²) in [6, 6.07) is 13.1. The van der Waals surface area contributed by atoms with Crippen LogP contribution >= 0.6 is 0 Å². The van der Waals surface area contributed by atoms with Crippen molar-refractivity contribution in [3.8, 4) is 23.0 Å². The molecule has 20 heavy (non-hydrogen) atoms. The standard InChI is InChI=1S/C15H11N5/c16-8-11-4-3-7-18-15(11)20-10-12(9-19-20)13-5-1-2-6-14(13)17/h1-7,9-10H,17H2. The van der Waals surface area contributed by atoms with E-state index >= 15 is 0 Å². The van der Waals surface area contributed by atoms with E-state index in [1.165, 1.54) is 0 Å². The van der Waals surface area contributed by atoms with Gasteiger partial charge >= 0.3 is 0 Å². The molecule has 1 aromatic carbocycles. The van der Waals surface area contributed by atoms with Crippen LogP contribution in [0.3, 0.4) is 0 Å². The molecule has 0 aliphatic heterocycles. The van der Waals surface area contributed by atoms with Crippen molar-refractivity contribution in [3.05, 3.63) is 60.6 Å². The lowest BCUT2D eigenvalue weighted by Gasteiger charge is -2.02. The van der Waals surface area contributed by atoms with Gasteiger partial charge in [0.1, 0.15) is 6.07 Å². The normalized spacial score (nSPS) is 10.2. The number of anilines is 1. The maximum absolute atomic E-state index is 9.10. The molecule has 0 unspecified atom stereocenters. The van der Waals surface area contributed by atoms with Crippen molar-refractivity contribution < 1.29 is 0 Å². The first-order chi connectivity index (χ1) is 9.79. The first-order valence-electron chi connectivity index (χ1n) is 6.04. The fourth-order valence-corrected chi connectivity index (χ4v) is 2.00. The molecule has 0 spiro atoms. The first-order valence-corrected chi connectivity index (χ1v) is 6.04. The third-order valence-electron chi connectivity index (χ3n) is 2.98. The lowest BCUT2D eigenvalue weighted by Crippen LogP contribution is -2.00. The lowest BCUT2D eigenvalue weighted by atomic mass is 10.1. The van der Waals surface area contributed by atoms with Crippen LogP contribution in [-0.2, 0) is 0 Å². The van der Waals surface area contributed by atoms with E-state index in [9.17, 15) is 0 Å². The van der Waals surface area contributed by atoms with Crippen molar-refractivity contribution in [2.24, 2.45) is 0 Å². The Balaban J connectivity index is 2.08. The van der Waals surface area contributed by atoms with Crippen LogP contribution in [0.4, 0.5) is 5.69 Å². The summed E-state index contributed by atoms with van der Waals surface area (Å²) in [5, 5.41) is 13.4. The molecule has 0 atom stereocenters. The summed E-state index contributed by atoms with van der Waals surface area (Å²) in [6.45, 7) is 0. The molecule has 0 saturated carbocycles. The molecule has 0 aliphatic carbocycles. The van der Waals surface area contributed by atoms with Crippen molar-refractivity contribution in [2.45, 2.75) is 0 Å². The number of para-hydroxylation sites is 1. The molecule has 2 heterocycles. The van der Waals surface area contributed by atoms with E-state index in [-0.39, 0.29) is 0 Å². The summed E-state index contributed by atoms with van der Waals surface area (Å²) >= 11 is 0. The second kappa shape index (κ2) is 4.86. The SMILES string of the molecule is N#Cc1cccnc1-n1cc(-c2ccccc2N)cn1. The number of nitrogen functional groups attached to an aromatic ring is 1. The molecular weight excluding hydrogens is 250 g/mol. The lowest BCUT2D eigenvalue weighted by molar-refractivity contribution is 0.843. The van der Waals surface area contributed by atoms with Crippen LogP contribution in [0.5, 0.6) is 0 Å². The Hall–Kier alpha value is -3.13. The number of hydrogen-bond acceptors (Lipinski definition) is 4. The van der Waals surface area contributed by atoms with Crippen LogP contribution in [0.1, 0.15) is 5.56 Å². The zero-order valence-corrected chi connectivity index (χ0v) is 10.6. The number of benzene rings is 1. The molecule has 2 N–H and O–H groups in total. The Morgan fingerprint density at radius 3 is 2.80 bits per heavy atom. The molecule has 0 aliphatic rings. The van der Waals surface area contributed by atoms with Gasteiger partial charge in [-0.25, -0.2) is 9.67 Å². The van der Waals surface area contributed by atoms with Gasteiger partial charge in [0.2, 0.25) is 0 Å². The fraction of sp³-hybridized carbons (Fsp3) is 0. The molecule has 0 bridgehead atoms. The van der Waals surface area contributed by atoms with Crippen molar-refractivity contribution in [2.75, 3.05) is 5.73 Å². The van der Waals surface area contributed by atoms with Crippen LogP contribution in [0, 0.1) is 11.3 Å². The van der Waals surface area contributed by atoms with E-state index in [0.717, 1.165) is 11.1 Å². The van der Waals surface area contributed by atoms with Crippen LogP contribution in [0.2, 0.25) is 0 Å². The van der Waals surface area contributed by atoms with Gasteiger partial charge in [0, 0.05) is 29.2 Å². The molecule has 0 radical (unpaired) electrons. The minimum Gasteiger partial charge on any atom is -0.398 e. The number of rotatable bonds is 2. The first kappa shape index (κ1) is 11.9. The average Bonchev–Trinajstić information content (AvgIpc) is 2.97. The Labute approximate surface area is 115 Å². The molecule has 96 valence electrons. The predicted octanol–water partition coefficient (Wildman–Crippen LogP) is 2.39. The molecular formula is C15H11N5. The van der Waals surface area contributed by atoms with Crippen molar-refractivity contribution in [1.29, 1.82) is 5.26 Å². The average molecular weight is 261 g/mol. The summed E-state index contributed by atoms with van der Waals surface area (Å²) in [7, 11) is 0. The van der Waals surface area contributed by atoms with Gasteiger partial charge in [0.25, 0.3) is 0 Å². The Bertz CT molecular complexity index is 798. The smallest absolute Gasteiger partial charge is 0.171 e. The van der Waals surface area contributed by atoms with E-state index in [1.54, 1.807) is 29.2 Å². The number of nitrogens with zero attached hydrogens (tertiary/aromatic N) is 4. The number of pyridine rings is 1. The second-order valence-electron chi connectivity index (χ2n) is 4.25. The van der Waals surface area contributed by atoms with E-state index in [2.05, 4.69) is 16.2 Å². The highest BCUT2D eigenvalue weighted by Crippen LogP contribution is 2.25. The summed E-state index contributed by atoms with van der Waals surface area (Å²) < 4.78 is 1.58. The quantitative estimate of drug-likeness (QED) is 0.718. The molecule has 0 amide bonds. The molecule has 0 saturated heterocycles. The zero-order valence-electron chi connectivity index (χ0n) is 10.6. The van der Waals surface area contributed by atoms with E-state index in [1.807, 2.05) is 30.5 Å². The van der Waals surface area contributed by atoms with Crippen LogP contribution < -0.4 is 5.73 Å². The van der Waals surface area contributed by atoms with Gasteiger partial charge in [-0.1, -0.05) is 18.2 Å². The molecule has 0 fully saturated rings. The van der Waals surface area contributed by atoms with E-state index in [4.69, 9.17) is 11.0 Å². The molecule has 3 rings (SSSR count). The topological polar surface area (TPSA) is 80.5 Å². The van der Waals surface area contributed by atoms with Crippen molar-refractivity contribution >= 4 is 5.69 Å². The number of aromatic nitrogens is 3. The highest BCUT2D eigenvalue weighted by Gasteiger charge is 2.09. The van der Waals surface area contributed by atoms with Crippen LogP contribution in [0.25, 0.3) is 16.9 Å². The number of nitrogens with two attached hydrogens (primary N) is 1. The maximum atomic E-state index is 9.10. The highest BCUT2D eigenvalue weighted by molar-refractivity contribution is 5.75. The van der Waals surface area contributed by atoms with E-state index < -0.39 is 0 Å². The van der Waals surface area contributed by atoms with Gasteiger partial charge in [0.05, 0.1) is 11.8 Å². The van der Waals surface area contributed by atoms with Gasteiger partial charge in [-0.2, -0.15) is 10.4 Å². The monoisotopic (exact) mass is 261 g/mol. The Morgan fingerprint density at radius 2 is 2.00 bits per heavy atom. The molecule has 5 nitrogen and oxygen atoms in total. The molecule has 2 aromatic heterocycles. The maximum Gasteiger partial charge on any atom is 0.171 e. The molecule has 5 heteroatoms. The Morgan fingerprint density at radius 1 is 1.15 bits per heavy atom. The fourth-order valence-electron chi connectivity index (χ4n) is 2.00. The number of nitriles is 1. The van der Waals surface area contributed by atoms with Crippen molar-refractivity contribution in [3.63, 3.8) is 0 Å². The van der Waals surface area contributed by atoms with Gasteiger partial charge in [-0.05, 0) is 18.2 Å². The zero-order chi connectivity index (χ0) is 13.9. The Kier molecular flexibility index (Phi) is 2.90. The summed E-state index contributed by atoms with van der Waals surface area (Å²) in [6.07, 6.45) is 5.16. The van der Waals surface area contributed by atoms with Crippen molar-refractivity contribution in [1.82, 2.24) is 14.8 Å². The minimum absolute atomic E-state index is 0.475. The van der Waals surface area contributed by atoms with Gasteiger partial charge in [-0.15, -0.1) is 0 Å². The summed E-state index contributed by atoms with van der Waals surface area (Å²) in [5.41, 5.74) is 8.91. The highest BCUT2D eigenvalue weighted by atomic mass is 15.3. The van der Waals surface area contributed by atoms with E-state index in [0.29, 0.717) is 17.1 Å².